The zero-order valence-electron chi connectivity index (χ0n) is 16.1. The molecule has 1 saturated heterocycles. The molecule has 152 valence electrons. The molecule has 1 aromatic carbocycles. The lowest BCUT2D eigenvalue weighted by atomic mass is 10.1. The van der Waals surface area contributed by atoms with E-state index in [0.29, 0.717) is 23.1 Å². The third-order valence-corrected chi connectivity index (χ3v) is 4.31. The molecule has 0 saturated carbocycles. The minimum Gasteiger partial charge on any atom is -0.336 e. The second-order valence-corrected chi connectivity index (χ2v) is 6.97. The Kier molecular flexibility index (Phi) is 7.83. The standard InChI is InChI=1S/C19H26N6O2.ClH/c1-13(2)21-19(27)23-15-7-5-14(6-8-15)22-18(26)17-9-11-25(24-17)16-4-3-10-20-12-16;/h5-9,11,13,16,20H,3-4,10,12H2,1-2H3,(H,22,26)(H2,21,23,27);1H. The summed E-state index contributed by atoms with van der Waals surface area (Å²) >= 11 is 0. The number of amides is 3. The number of halogens is 1. The van der Waals surface area contributed by atoms with E-state index in [4.69, 9.17) is 0 Å². The molecule has 1 aliphatic rings. The predicted molar refractivity (Wildman–Crippen MR) is 112 cm³/mol. The van der Waals surface area contributed by atoms with Crippen LogP contribution in [0.25, 0.3) is 0 Å². The second-order valence-electron chi connectivity index (χ2n) is 6.97. The Morgan fingerprint density at radius 1 is 1.14 bits per heavy atom. The monoisotopic (exact) mass is 406 g/mol. The summed E-state index contributed by atoms with van der Waals surface area (Å²) < 4.78 is 1.86. The molecule has 3 rings (SSSR count). The van der Waals surface area contributed by atoms with E-state index in [-0.39, 0.29) is 30.4 Å². The lowest BCUT2D eigenvalue weighted by Crippen LogP contribution is -2.34. The third-order valence-electron chi connectivity index (χ3n) is 4.31. The van der Waals surface area contributed by atoms with Crippen LogP contribution >= 0.6 is 12.4 Å². The van der Waals surface area contributed by atoms with E-state index < -0.39 is 0 Å². The third kappa shape index (κ3) is 5.97. The number of anilines is 2. The molecule has 0 spiro atoms. The number of rotatable bonds is 5. The Hall–Kier alpha value is -2.58. The van der Waals surface area contributed by atoms with E-state index >= 15 is 0 Å². The van der Waals surface area contributed by atoms with Crippen LogP contribution in [0.3, 0.4) is 0 Å². The summed E-state index contributed by atoms with van der Waals surface area (Å²) in [5.41, 5.74) is 1.68. The van der Waals surface area contributed by atoms with Gasteiger partial charge in [-0.1, -0.05) is 0 Å². The van der Waals surface area contributed by atoms with Crippen molar-refractivity contribution in [1.82, 2.24) is 20.4 Å². The minimum absolute atomic E-state index is 0. The molecule has 1 aliphatic heterocycles. The highest BCUT2D eigenvalue weighted by molar-refractivity contribution is 6.03. The Bertz CT molecular complexity index is 784. The van der Waals surface area contributed by atoms with Crippen LogP contribution in [0.5, 0.6) is 0 Å². The summed E-state index contributed by atoms with van der Waals surface area (Å²) in [7, 11) is 0. The first kappa shape index (κ1) is 21.7. The van der Waals surface area contributed by atoms with Gasteiger partial charge in [-0.2, -0.15) is 5.10 Å². The van der Waals surface area contributed by atoms with E-state index in [1.54, 1.807) is 30.3 Å². The normalized spacial score (nSPS) is 16.2. The van der Waals surface area contributed by atoms with Crippen molar-refractivity contribution in [3.05, 3.63) is 42.2 Å². The first-order valence-corrected chi connectivity index (χ1v) is 9.26. The van der Waals surface area contributed by atoms with Crippen molar-refractivity contribution in [3.63, 3.8) is 0 Å². The summed E-state index contributed by atoms with van der Waals surface area (Å²) in [5.74, 6) is -0.254. The van der Waals surface area contributed by atoms with Gasteiger partial charge in [-0.3, -0.25) is 9.48 Å². The molecule has 2 aromatic rings. The molecule has 4 N–H and O–H groups in total. The predicted octanol–water partition coefficient (Wildman–Crippen LogP) is 3.01. The summed E-state index contributed by atoms with van der Waals surface area (Å²) in [5, 5.41) is 16.1. The fourth-order valence-electron chi connectivity index (χ4n) is 2.98. The van der Waals surface area contributed by atoms with Gasteiger partial charge in [0.05, 0.1) is 6.04 Å². The number of piperidine rings is 1. The van der Waals surface area contributed by atoms with Gasteiger partial charge in [0.2, 0.25) is 0 Å². The largest absolute Gasteiger partial charge is 0.336 e. The summed E-state index contributed by atoms with van der Waals surface area (Å²) in [4.78, 5) is 24.1. The van der Waals surface area contributed by atoms with Gasteiger partial charge in [0.25, 0.3) is 5.91 Å². The van der Waals surface area contributed by atoms with Crippen LogP contribution in [0.4, 0.5) is 16.2 Å². The number of aromatic nitrogens is 2. The van der Waals surface area contributed by atoms with E-state index in [0.717, 1.165) is 25.9 Å². The average molecular weight is 407 g/mol. The molecule has 0 radical (unpaired) electrons. The minimum atomic E-state index is -0.260. The van der Waals surface area contributed by atoms with Crippen molar-refractivity contribution in [2.45, 2.75) is 38.8 Å². The second kappa shape index (κ2) is 10.1. The lowest BCUT2D eigenvalue weighted by molar-refractivity contribution is 0.102. The quantitative estimate of drug-likeness (QED) is 0.613. The fraction of sp³-hybridized carbons (Fsp3) is 0.421. The average Bonchev–Trinajstić information content (AvgIpc) is 3.14. The maximum absolute atomic E-state index is 12.4. The Morgan fingerprint density at radius 3 is 2.43 bits per heavy atom. The summed E-state index contributed by atoms with van der Waals surface area (Å²) in [6.07, 6.45) is 4.03. The molecule has 1 atom stereocenters. The first-order chi connectivity index (χ1) is 13.0. The van der Waals surface area contributed by atoms with Gasteiger partial charge in [0.1, 0.15) is 0 Å². The molecule has 2 heterocycles. The van der Waals surface area contributed by atoms with Crippen molar-refractivity contribution in [2.75, 3.05) is 23.7 Å². The molecule has 9 heteroatoms. The number of nitrogens with zero attached hydrogens (tertiary/aromatic N) is 2. The molecule has 28 heavy (non-hydrogen) atoms. The van der Waals surface area contributed by atoms with Gasteiger partial charge in [-0.15, -0.1) is 12.4 Å². The Labute approximate surface area is 170 Å². The number of carbonyl (C=O) groups is 2. The molecular weight excluding hydrogens is 380 g/mol. The molecule has 0 bridgehead atoms. The summed E-state index contributed by atoms with van der Waals surface area (Å²) in [6.45, 7) is 5.70. The summed E-state index contributed by atoms with van der Waals surface area (Å²) in [6, 6.07) is 8.79. The lowest BCUT2D eigenvalue weighted by Gasteiger charge is -2.22. The molecule has 0 aliphatic carbocycles. The molecule has 3 amide bonds. The number of hydrogen-bond acceptors (Lipinski definition) is 4. The van der Waals surface area contributed by atoms with Gasteiger partial charge >= 0.3 is 6.03 Å². The number of urea groups is 1. The van der Waals surface area contributed by atoms with Crippen LogP contribution in [0.15, 0.2) is 36.5 Å². The van der Waals surface area contributed by atoms with Crippen LogP contribution in [0, 0.1) is 0 Å². The van der Waals surface area contributed by atoms with Crippen molar-refractivity contribution in [2.24, 2.45) is 0 Å². The topological polar surface area (TPSA) is 100 Å². The highest BCUT2D eigenvalue weighted by atomic mass is 35.5. The van der Waals surface area contributed by atoms with Crippen LogP contribution < -0.4 is 21.3 Å². The van der Waals surface area contributed by atoms with E-state index in [1.807, 2.05) is 24.7 Å². The van der Waals surface area contributed by atoms with E-state index in [1.165, 1.54) is 0 Å². The molecule has 1 unspecified atom stereocenters. The van der Waals surface area contributed by atoms with Crippen molar-refractivity contribution in [1.29, 1.82) is 0 Å². The van der Waals surface area contributed by atoms with Gasteiger partial charge < -0.3 is 21.3 Å². The molecule has 1 aromatic heterocycles. The van der Waals surface area contributed by atoms with Gasteiger partial charge in [0.15, 0.2) is 5.69 Å². The van der Waals surface area contributed by atoms with Crippen molar-refractivity contribution in [3.8, 4) is 0 Å². The zero-order valence-corrected chi connectivity index (χ0v) is 16.9. The Balaban J connectivity index is 0.00000280. The maximum Gasteiger partial charge on any atom is 0.319 e. The first-order valence-electron chi connectivity index (χ1n) is 9.26. The van der Waals surface area contributed by atoms with Crippen LogP contribution in [0.1, 0.15) is 43.2 Å². The van der Waals surface area contributed by atoms with Gasteiger partial charge in [-0.25, -0.2) is 4.79 Å². The molecular formula is C19H27ClN6O2. The van der Waals surface area contributed by atoms with Crippen LogP contribution in [0.2, 0.25) is 0 Å². The number of benzene rings is 1. The molecule has 8 nitrogen and oxygen atoms in total. The smallest absolute Gasteiger partial charge is 0.319 e. The Morgan fingerprint density at radius 2 is 1.82 bits per heavy atom. The van der Waals surface area contributed by atoms with Crippen LogP contribution in [-0.4, -0.2) is 40.9 Å². The fourth-order valence-corrected chi connectivity index (χ4v) is 2.98. The number of hydrogen-bond donors (Lipinski definition) is 4. The van der Waals surface area contributed by atoms with E-state index in [9.17, 15) is 9.59 Å². The number of nitrogens with one attached hydrogen (secondary N) is 4. The van der Waals surface area contributed by atoms with Gasteiger partial charge in [0, 0.05) is 30.2 Å². The number of carbonyl (C=O) groups excluding carboxylic acids is 2. The van der Waals surface area contributed by atoms with Crippen LogP contribution in [-0.2, 0) is 0 Å². The maximum atomic E-state index is 12.4. The van der Waals surface area contributed by atoms with Crippen molar-refractivity contribution < 1.29 is 9.59 Å². The SMILES string of the molecule is CC(C)NC(=O)Nc1ccc(NC(=O)c2ccn(C3CCCNC3)n2)cc1.Cl. The van der Waals surface area contributed by atoms with Gasteiger partial charge in [-0.05, 0) is 63.6 Å². The van der Waals surface area contributed by atoms with Crippen molar-refractivity contribution >= 4 is 35.7 Å². The van der Waals surface area contributed by atoms with E-state index in [2.05, 4.69) is 26.4 Å². The zero-order chi connectivity index (χ0) is 19.2. The molecule has 1 fully saturated rings. The highest BCUT2D eigenvalue weighted by Gasteiger charge is 2.17. The highest BCUT2D eigenvalue weighted by Crippen LogP contribution is 2.17.